The topological polar surface area (TPSA) is 107 Å². The van der Waals surface area contributed by atoms with E-state index in [0.29, 0.717) is 16.7 Å². The third kappa shape index (κ3) is 5.04. The van der Waals surface area contributed by atoms with E-state index >= 15 is 0 Å². The zero-order chi connectivity index (χ0) is 23.3. The van der Waals surface area contributed by atoms with Crippen LogP contribution in [-0.2, 0) is 26.1 Å². The second-order valence-electron chi connectivity index (χ2n) is 7.27. The fraction of sp³-hybridized carbons (Fsp3) is 0.167. The molecule has 2 N–H and O–H groups in total. The Kier molecular flexibility index (Phi) is 7.07. The van der Waals surface area contributed by atoms with Crippen LogP contribution in [0, 0.1) is 6.92 Å². The van der Waals surface area contributed by atoms with Gasteiger partial charge in [0.05, 0.1) is 17.6 Å². The lowest BCUT2D eigenvalue weighted by Crippen LogP contribution is -2.41. The van der Waals surface area contributed by atoms with Crippen molar-refractivity contribution in [2.24, 2.45) is 5.73 Å². The van der Waals surface area contributed by atoms with Gasteiger partial charge < -0.3 is 10.5 Å². The van der Waals surface area contributed by atoms with Crippen LogP contribution in [0.1, 0.15) is 33.1 Å². The predicted molar refractivity (Wildman–Crippen MR) is 120 cm³/mol. The van der Waals surface area contributed by atoms with E-state index in [1.54, 1.807) is 79.7 Å². The van der Waals surface area contributed by atoms with Crippen LogP contribution >= 0.6 is 0 Å². The Labute approximate surface area is 187 Å². The minimum atomic E-state index is -4.10. The summed E-state index contributed by atoms with van der Waals surface area (Å²) in [5, 5.41) is 0. The smallest absolute Gasteiger partial charge is 0.337 e. The third-order valence-corrected chi connectivity index (χ3v) is 6.79. The monoisotopic (exact) mass is 452 g/mol. The number of sulfonamides is 1. The fourth-order valence-electron chi connectivity index (χ4n) is 3.38. The van der Waals surface area contributed by atoms with E-state index < -0.39 is 27.9 Å². The number of hydrogen-bond donors (Lipinski definition) is 1. The first-order chi connectivity index (χ1) is 15.2. The van der Waals surface area contributed by atoms with Crippen LogP contribution in [0.15, 0.2) is 83.8 Å². The van der Waals surface area contributed by atoms with Gasteiger partial charge in [0, 0.05) is 6.54 Å². The van der Waals surface area contributed by atoms with Gasteiger partial charge in [-0.1, -0.05) is 54.6 Å². The molecule has 166 valence electrons. The molecular formula is C24H24N2O5S. The number of carbonyl (C=O) groups excluding carboxylic acids is 2. The number of amides is 1. The van der Waals surface area contributed by atoms with Gasteiger partial charge in [-0.3, -0.25) is 4.79 Å². The number of hydrogen-bond acceptors (Lipinski definition) is 5. The number of nitrogens with zero attached hydrogens (tertiary/aromatic N) is 1. The standard InChI is InChI=1S/C24H24N2O5S/c1-17-7-6-10-21(15-17)32(29,30)26(22(23(25)27)19-8-4-3-5-9-19)16-18-11-13-20(14-12-18)24(28)31-2/h3-15,22H,16H2,1-2H3,(H2,25,27)/t22-/m1/s1. The first-order valence-corrected chi connectivity index (χ1v) is 11.3. The number of aryl methyl sites for hydroxylation is 1. The average Bonchev–Trinajstić information content (AvgIpc) is 2.79. The Morgan fingerprint density at radius 2 is 1.62 bits per heavy atom. The number of carbonyl (C=O) groups is 2. The summed E-state index contributed by atoms with van der Waals surface area (Å²) in [7, 11) is -2.82. The van der Waals surface area contributed by atoms with E-state index in [1.165, 1.54) is 13.2 Å². The predicted octanol–water partition coefficient (Wildman–Crippen LogP) is 3.20. The highest BCUT2D eigenvalue weighted by Gasteiger charge is 2.36. The summed E-state index contributed by atoms with van der Waals surface area (Å²) in [6, 6.07) is 20.1. The molecule has 3 aromatic rings. The number of esters is 1. The maximum atomic E-state index is 13.7. The lowest BCUT2D eigenvalue weighted by Gasteiger charge is -2.29. The number of ether oxygens (including phenoxy) is 1. The van der Waals surface area contributed by atoms with Crippen molar-refractivity contribution in [3.8, 4) is 0 Å². The molecule has 0 aliphatic carbocycles. The van der Waals surface area contributed by atoms with Gasteiger partial charge in [0.15, 0.2) is 0 Å². The van der Waals surface area contributed by atoms with Crippen LogP contribution in [0.5, 0.6) is 0 Å². The number of rotatable bonds is 8. The Balaban J connectivity index is 2.10. The highest BCUT2D eigenvalue weighted by atomic mass is 32.2. The first-order valence-electron chi connectivity index (χ1n) is 9.84. The summed E-state index contributed by atoms with van der Waals surface area (Å²) in [6.07, 6.45) is 0. The maximum Gasteiger partial charge on any atom is 0.337 e. The molecule has 0 spiro atoms. The van der Waals surface area contributed by atoms with Crippen LogP contribution in [0.3, 0.4) is 0 Å². The highest BCUT2D eigenvalue weighted by Crippen LogP contribution is 2.30. The Morgan fingerprint density at radius 1 is 0.969 bits per heavy atom. The number of methoxy groups -OCH3 is 1. The van der Waals surface area contributed by atoms with Crippen LogP contribution in [0.25, 0.3) is 0 Å². The van der Waals surface area contributed by atoms with Crippen molar-refractivity contribution in [1.29, 1.82) is 0 Å². The Hall–Kier alpha value is -3.49. The molecule has 0 aliphatic heterocycles. The zero-order valence-corrected chi connectivity index (χ0v) is 18.6. The Morgan fingerprint density at radius 3 is 2.19 bits per heavy atom. The van der Waals surface area contributed by atoms with Crippen molar-refractivity contribution < 1.29 is 22.7 Å². The van der Waals surface area contributed by atoms with Crippen molar-refractivity contribution in [2.75, 3.05) is 7.11 Å². The van der Waals surface area contributed by atoms with Gasteiger partial charge in [0.1, 0.15) is 6.04 Å². The van der Waals surface area contributed by atoms with Gasteiger partial charge in [-0.15, -0.1) is 0 Å². The van der Waals surface area contributed by atoms with E-state index in [1.807, 2.05) is 0 Å². The van der Waals surface area contributed by atoms with E-state index in [4.69, 9.17) is 10.5 Å². The lowest BCUT2D eigenvalue weighted by molar-refractivity contribution is -0.122. The number of nitrogens with two attached hydrogens (primary N) is 1. The normalized spacial score (nSPS) is 12.3. The molecule has 0 fully saturated rings. The van der Waals surface area contributed by atoms with Gasteiger partial charge in [0.2, 0.25) is 15.9 Å². The summed E-state index contributed by atoms with van der Waals surface area (Å²) in [5.41, 5.74) is 7.84. The maximum absolute atomic E-state index is 13.7. The summed E-state index contributed by atoms with van der Waals surface area (Å²) < 4.78 is 33.1. The average molecular weight is 453 g/mol. The molecule has 32 heavy (non-hydrogen) atoms. The molecule has 0 saturated carbocycles. The lowest BCUT2D eigenvalue weighted by atomic mass is 10.1. The molecular weight excluding hydrogens is 428 g/mol. The molecule has 0 aliphatic rings. The van der Waals surface area contributed by atoms with E-state index in [9.17, 15) is 18.0 Å². The largest absolute Gasteiger partial charge is 0.465 e. The molecule has 8 heteroatoms. The van der Waals surface area contributed by atoms with Crippen molar-refractivity contribution in [1.82, 2.24) is 4.31 Å². The highest BCUT2D eigenvalue weighted by molar-refractivity contribution is 7.89. The van der Waals surface area contributed by atoms with Crippen LogP contribution in [0.2, 0.25) is 0 Å². The van der Waals surface area contributed by atoms with Gasteiger partial charge in [0.25, 0.3) is 0 Å². The van der Waals surface area contributed by atoms with E-state index in [2.05, 4.69) is 0 Å². The van der Waals surface area contributed by atoms with Gasteiger partial charge >= 0.3 is 5.97 Å². The minimum Gasteiger partial charge on any atom is -0.465 e. The molecule has 0 saturated heterocycles. The summed E-state index contributed by atoms with van der Waals surface area (Å²) in [4.78, 5) is 24.3. The molecule has 0 heterocycles. The molecule has 0 aromatic heterocycles. The minimum absolute atomic E-state index is 0.0610. The SMILES string of the molecule is COC(=O)c1ccc(CN([C@@H](C(N)=O)c2ccccc2)S(=O)(=O)c2cccc(C)c2)cc1. The second-order valence-corrected chi connectivity index (χ2v) is 9.16. The van der Waals surface area contributed by atoms with Crippen molar-refractivity contribution >= 4 is 21.9 Å². The van der Waals surface area contributed by atoms with E-state index in [0.717, 1.165) is 9.87 Å². The van der Waals surface area contributed by atoms with E-state index in [-0.39, 0.29) is 11.4 Å². The summed E-state index contributed by atoms with van der Waals surface area (Å²) in [6.45, 7) is 1.66. The van der Waals surface area contributed by atoms with Gasteiger partial charge in [-0.25, -0.2) is 13.2 Å². The molecule has 1 atom stereocenters. The molecule has 1 amide bonds. The molecule has 0 unspecified atom stereocenters. The first kappa shape index (κ1) is 23.2. The summed E-state index contributed by atoms with van der Waals surface area (Å²) in [5.74, 6) is -1.29. The molecule has 3 aromatic carbocycles. The molecule has 7 nitrogen and oxygen atoms in total. The Bertz CT molecular complexity index is 1210. The number of primary amides is 1. The van der Waals surface area contributed by atoms with Crippen LogP contribution in [0.4, 0.5) is 0 Å². The third-order valence-electron chi connectivity index (χ3n) is 4.98. The zero-order valence-electron chi connectivity index (χ0n) is 17.8. The number of benzene rings is 3. The summed E-state index contributed by atoms with van der Waals surface area (Å²) >= 11 is 0. The van der Waals surface area contributed by atoms with Crippen LogP contribution < -0.4 is 5.73 Å². The second kappa shape index (κ2) is 9.76. The van der Waals surface area contributed by atoms with Crippen molar-refractivity contribution in [3.63, 3.8) is 0 Å². The molecule has 3 rings (SSSR count). The quantitative estimate of drug-likeness (QED) is 0.528. The van der Waals surface area contributed by atoms with Crippen molar-refractivity contribution in [3.05, 3.63) is 101 Å². The van der Waals surface area contributed by atoms with Gasteiger partial charge in [-0.05, 0) is 47.9 Å². The van der Waals surface area contributed by atoms with Gasteiger partial charge in [-0.2, -0.15) is 4.31 Å². The van der Waals surface area contributed by atoms with Crippen LogP contribution in [-0.4, -0.2) is 31.7 Å². The fourth-order valence-corrected chi connectivity index (χ4v) is 5.06. The van der Waals surface area contributed by atoms with Crippen molar-refractivity contribution in [2.45, 2.75) is 24.4 Å². The molecule has 0 bridgehead atoms. The molecule has 0 radical (unpaired) electrons.